The van der Waals surface area contributed by atoms with Crippen LogP contribution < -0.4 is 5.56 Å². The lowest BCUT2D eigenvalue weighted by molar-refractivity contribution is 0.615. The molecule has 0 spiro atoms. The van der Waals surface area contributed by atoms with Crippen molar-refractivity contribution in [3.63, 3.8) is 0 Å². The van der Waals surface area contributed by atoms with Crippen LogP contribution in [0.3, 0.4) is 0 Å². The summed E-state index contributed by atoms with van der Waals surface area (Å²) in [6.45, 7) is 3.42. The Kier molecular flexibility index (Phi) is 3.68. The van der Waals surface area contributed by atoms with Gasteiger partial charge in [-0.3, -0.25) is 9.36 Å². The highest BCUT2D eigenvalue weighted by atomic mass is 79.9. The molecular weight excluding hydrogens is 367 g/mol. The molecule has 6 heteroatoms. The molecule has 94 valence electrons. The fourth-order valence-electron chi connectivity index (χ4n) is 1.66. The fraction of sp³-hybridized carbons (Fsp3) is 0.167. The van der Waals surface area contributed by atoms with Crippen molar-refractivity contribution in [1.29, 1.82) is 0 Å². The maximum absolute atomic E-state index is 13.7. The molecule has 0 unspecified atom stereocenters. The molecule has 1 heterocycles. The highest BCUT2D eigenvalue weighted by Gasteiger charge is 2.12. The molecule has 1 aromatic heterocycles. The first kappa shape index (κ1) is 13.4. The van der Waals surface area contributed by atoms with Gasteiger partial charge in [0.15, 0.2) is 4.60 Å². The monoisotopic (exact) mass is 374 g/mol. The van der Waals surface area contributed by atoms with Crippen molar-refractivity contribution in [3.05, 3.63) is 54.8 Å². The predicted octanol–water partition coefficient (Wildman–Crippen LogP) is 3.51. The van der Waals surface area contributed by atoms with Gasteiger partial charge in [0.25, 0.3) is 5.56 Å². The van der Waals surface area contributed by atoms with E-state index in [2.05, 4.69) is 36.8 Å². The standard InChI is InChI=1S/C12H9Br2FN2O/c1-6-3-8(15)7(2)9(4-6)17-5-10(13)16-11(14)12(17)18/h3-5H,1-2H3. The number of benzene rings is 1. The van der Waals surface area contributed by atoms with Gasteiger partial charge in [-0.1, -0.05) is 0 Å². The molecule has 0 aliphatic carbocycles. The zero-order valence-electron chi connectivity index (χ0n) is 9.67. The minimum Gasteiger partial charge on any atom is -0.279 e. The van der Waals surface area contributed by atoms with Crippen LogP contribution in [0.5, 0.6) is 0 Å². The number of hydrogen-bond acceptors (Lipinski definition) is 2. The summed E-state index contributed by atoms with van der Waals surface area (Å²) in [7, 11) is 0. The first-order valence-corrected chi connectivity index (χ1v) is 6.70. The van der Waals surface area contributed by atoms with Crippen molar-refractivity contribution in [1.82, 2.24) is 9.55 Å². The average Bonchev–Trinajstić information content (AvgIpc) is 2.28. The molecule has 0 amide bonds. The van der Waals surface area contributed by atoms with E-state index < -0.39 is 0 Å². The quantitative estimate of drug-likeness (QED) is 0.764. The lowest BCUT2D eigenvalue weighted by Gasteiger charge is -2.11. The van der Waals surface area contributed by atoms with Crippen molar-refractivity contribution < 1.29 is 4.39 Å². The molecular formula is C12H9Br2FN2O. The second-order valence-corrected chi connectivity index (χ2v) is 5.48. The Labute approximate surface area is 120 Å². The van der Waals surface area contributed by atoms with Gasteiger partial charge in [0.1, 0.15) is 10.4 Å². The molecule has 0 aliphatic rings. The van der Waals surface area contributed by atoms with Crippen LogP contribution in [0.4, 0.5) is 4.39 Å². The van der Waals surface area contributed by atoms with E-state index in [1.165, 1.54) is 16.8 Å². The summed E-state index contributed by atoms with van der Waals surface area (Å²) >= 11 is 6.30. The number of aryl methyl sites for hydroxylation is 1. The molecule has 0 saturated carbocycles. The molecule has 0 saturated heterocycles. The van der Waals surface area contributed by atoms with Crippen molar-refractivity contribution in [2.75, 3.05) is 0 Å². The second-order valence-electron chi connectivity index (χ2n) is 3.92. The van der Waals surface area contributed by atoms with Crippen LogP contribution in [0.25, 0.3) is 5.69 Å². The average molecular weight is 376 g/mol. The summed E-state index contributed by atoms with van der Waals surface area (Å²) in [6.07, 6.45) is 1.52. The van der Waals surface area contributed by atoms with Crippen LogP contribution in [0.2, 0.25) is 0 Å². The van der Waals surface area contributed by atoms with E-state index in [9.17, 15) is 9.18 Å². The molecule has 3 nitrogen and oxygen atoms in total. The maximum atomic E-state index is 13.7. The molecule has 2 rings (SSSR count). The normalized spacial score (nSPS) is 10.7. The predicted molar refractivity (Wildman–Crippen MR) is 74.7 cm³/mol. The van der Waals surface area contributed by atoms with Crippen LogP contribution in [-0.4, -0.2) is 9.55 Å². The molecule has 0 atom stereocenters. The van der Waals surface area contributed by atoms with Gasteiger partial charge in [-0.25, -0.2) is 9.37 Å². The second kappa shape index (κ2) is 4.93. The van der Waals surface area contributed by atoms with E-state index in [4.69, 9.17) is 0 Å². The Morgan fingerprint density at radius 1 is 1.28 bits per heavy atom. The minimum absolute atomic E-state index is 0.179. The highest BCUT2D eigenvalue weighted by Crippen LogP contribution is 2.20. The molecule has 0 aliphatic heterocycles. The van der Waals surface area contributed by atoms with Crippen molar-refractivity contribution in [3.8, 4) is 5.69 Å². The zero-order chi connectivity index (χ0) is 13.4. The van der Waals surface area contributed by atoms with Gasteiger partial charge in [-0.2, -0.15) is 0 Å². The number of halogens is 3. The summed E-state index contributed by atoms with van der Waals surface area (Å²) in [6, 6.07) is 3.20. The SMILES string of the molecule is Cc1cc(F)c(C)c(-n2cc(Br)nc(Br)c2=O)c1. The number of rotatable bonds is 1. The molecule has 0 bridgehead atoms. The molecule has 0 radical (unpaired) electrons. The maximum Gasteiger partial charge on any atom is 0.288 e. The molecule has 1 aromatic carbocycles. The smallest absolute Gasteiger partial charge is 0.279 e. The largest absolute Gasteiger partial charge is 0.288 e. The third kappa shape index (κ3) is 2.40. The van der Waals surface area contributed by atoms with E-state index in [0.717, 1.165) is 5.56 Å². The Balaban J connectivity index is 2.81. The van der Waals surface area contributed by atoms with Gasteiger partial charge in [0.2, 0.25) is 0 Å². The third-order valence-electron chi connectivity index (χ3n) is 2.56. The van der Waals surface area contributed by atoms with Gasteiger partial charge < -0.3 is 0 Å². The molecule has 2 aromatic rings. The molecule has 0 N–H and O–H groups in total. The number of aromatic nitrogens is 2. The van der Waals surface area contributed by atoms with Crippen molar-refractivity contribution in [2.24, 2.45) is 0 Å². The van der Waals surface area contributed by atoms with Gasteiger partial charge >= 0.3 is 0 Å². The summed E-state index contributed by atoms with van der Waals surface area (Å²) in [5.74, 6) is -0.332. The van der Waals surface area contributed by atoms with Gasteiger partial charge in [-0.15, -0.1) is 0 Å². The minimum atomic E-state index is -0.332. The van der Waals surface area contributed by atoms with Crippen LogP contribution in [0.15, 0.2) is 32.3 Å². The van der Waals surface area contributed by atoms with Gasteiger partial charge in [0, 0.05) is 11.8 Å². The first-order valence-electron chi connectivity index (χ1n) is 5.12. The topological polar surface area (TPSA) is 34.9 Å². The van der Waals surface area contributed by atoms with Crippen LogP contribution in [0.1, 0.15) is 11.1 Å². The third-order valence-corrected chi connectivity index (χ3v) is 3.46. The van der Waals surface area contributed by atoms with E-state index in [1.54, 1.807) is 19.9 Å². The van der Waals surface area contributed by atoms with Crippen LogP contribution in [-0.2, 0) is 0 Å². The molecule has 18 heavy (non-hydrogen) atoms. The van der Waals surface area contributed by atoms with Gasteiger partial charge in [0.05, 0.1) is 5.69 Å². The van der Waals surface area contributed by atoms with Crippen LogP contribution in [0, 0.1) is 19.7 Å². The van der Waals surface area contributed by atoms with Crippen LogP contribution >= 0.6 is 31.9 Å². The van der Waals surface area contributed by atoms with E-state index in [0.29, 0.717) is 15.9 Å². The van der Waals surface area contributed by atoms with Crippen molar-refractivity contribution >= 4 is 31.9 Å². The summed E-state index contributed by atoms with van der Waals surface area (Å²) in [5, 5.41) is 0. The fourth-order valence-corrected chi connectivity index (χ4v) is 2.66. The first-order chi connectivity index (χ1) is 8.40. The lowest BCUT2D eigenvalue weighted by atomic mass is 10.1. The van der Waals surface area contributed by atoms with E-state index in [1.807, 2.05) is 0 Å². The highest BCUT2D eigenvalue weighted by molar-refractivity contribution is 9.11. The Morgan fingerprint density at radius 2 is 1.94 bits per heavy atom. The molecule has 0 fully saturated rings. The van der Waals surface area contributed by atoms with E-state index in [-0.39, 0.29) is 16.0 Å². The van der Waals surface area contributed by atoms with Crippen molar-refractivity contribution in [2.45, 2.75) is 13.8 Å². The van der Waals surface area contributed by atoms with E-state index >= 15 is 0 Å². The number of hydrogen-bond donors (Lipinski definition) is 0. The zero-order valence-corrected chi connectivity index (χ0v) is 12.8. The Hall–Kier alpha value is -1.01. The van der Waals surface area contributed by atoms with Gasteiger partial charge in [-0.05, 0) is 63.4 Å². The summed E-state index contributed by atoms with van der Waals surface area (Å²) in [5.41, 5.74) is 1.37. The Morgan fingerprint density at radius 3 is 2.61 bits per heavy atom. The lowest BCUT2D eigenvalue weighted by Crippen LogP contribution is -2.21. The summed E-state index contributed by atoms with van der Waals surface area (Å²) in [4.78, 5) is 15.9. The summed E-state index contributed by atoms with van der Waals surface area (Å²) < 4.78 is 15.7. The number of nitrogens with zero attached hydrogens (tertiary/aromatic N) is 2. The Bertz CT molecular complexity index is 683.